The molecule has 0 bridgehead atoms. The van der Waals surface area contributed by atoms with Gasteiger partial charge in [0.15, 0.2) is 9.84 Å². The van der Waals surface area contributed by atoms with Crippen LogP contribution in [0, 0.1) is 0 Å². The summed E-state index contributed by atoms with van der Waals surface area (Å²) in [5, 5.41) is 0. The summed E-state index contributed by atoms with van der Waals surface area (Å²) in [5.74, 6) is 0.241. The molecule has 0 saturated heterocycles. The number of ether oxygens (including phenoxy) is 1. The maximum Gasteiger partial charge on any atom is 0.229 e. The number of sulfone groups is 1. The smallest absolute Gasteiger partial charge is 0.229 e. The minimum Gasteiger partial charge on any atom is -0.496 e. The highest BCUT2D eigenvalue weighted by molar-refractivity contribution is 7.90. The summed E-state index contributed by atoms with van der Waals surface area (Å²) in [5.41, 5.74) is -1.99. The first-order valence-corrected chi connectivity index (χ1v) is 5.88. The number of hydrogen-bond donors (Lipinski definition) is 0. The standard InChI is InChI=1S/C9H11FO3S/c1-13-8-6-4-3-5-7(8)9(10)14(2,11)12/h3-6,9H,1-2H3. The average molecular weight is 218 g/mol. The van der Waals surface area contributed by atoms with Crippen molar-refractivity contribution in [2.75, 3.05) is 13.4 Å². The van der Waals surface area contributed by atoms with Crippen LogP contribution in [0.5, 0.6) is 5.75 Å². The number of halogens is 1. The molecule has 0 aliphatic rings. The maximum absolute atomic E-state index is 13.4. The van der Waals surface area contributed by atoms with E-state index in [9.17, 15) is 12.8 Å². The Morgan fingerprint density at radius 1 is 1.36 bits per heavy atom. The molecule has 78 valence electrons. The van der Waals surface area contributed by atoms with Crippen molar-refractivity contribution in [3.8, 4) is 5.75 Å². The van der Waals surface area contributed by atoms with Gasteiger partial charge in [-0.15, -0.1) is 0 Å². The van der Waals surface area contributed by atoms with E-state index in [1.54, 1.807) is 12.1 Å². The first-order chi connectivity index (χ1) is 6.46. The molecule has 1 rings (SSSR count). The summed E-state index contributed by atoms with van der Waals surface area (Å²) >= 11 is 0. The van der Waals surface area contributed by atoms with Crippen molar-refractivity contribution in [2.45, 2.75) is 5.50 Å². The van der Waals surface area contributed by atoms with E-state index in [4.69, 9.17) is 4.74 Å². The van der Waals surface area contributed by atoms with Crippen LogP contribution >= 0.6 is 0 Å². The monoisotopic (exact) mass is 218 g/mol. The molecule has 0 N–H and O–H groups in total. The predicted molar refractivity (Wildman–Crippen MR) is 51.7 cm³/mol. The van der Waals surface area contributed by atoms with Gasteiger partial charge in [0.05, 0.1) is 7.11 Å². The molecule has 0 heterocycles. The van der Waals surface area contributed by atoms with Crippen molar-refractivity contribution < 1.29 is 17.5 Å². The minimum atomic E-state index is -3.74. The Kier molecular flexibility index (Phi) is 3.10. The van der Waals surface area contributed by atoms with Crippen LogP contribution in [-0.2, 0) is 9.84 Å². The fraction of sp³-hybridized carbons (Fsp3) is 0.333. The highest BCUT2D eigenvalue weighted by atomic mass is 32.2. The fourth-order valence-corrected chi connectivity index (χ4v) is 1.74. The van der Waals surface area contributed by atoms with Gasteiger partial charge < -0.3 is 4.74 Å². The fourth-order valence-electron chi connectivity index (χ4n) is 1.08. The molecule has 1 aromatic rings. The number of alkyl halides is 1. The Hall–Kier alpha value is -1.10. The van der Waals surface area contributed by atoms with Gasteiger partial charge in [0.1, 0.15) is 5.75 Å². The quantitative estimate of drug-likeness (QED) is 0.775. The lowest BCUT2D eigenvalue weighted by molar-refractivity contribution is 0.382. The van der Waals surface area contributed by atoms with Crippen LogP contribution in [0.25, 0.3) is 0 Å². The van der Waals surface area contributed by atoms with Crippen LogP contribution in [0.4, 0.5) is 4.39 Å². The number of methoxy groups -OCH3 is 1. The third kappa shape index (κ3) is 2.23. The molecule has 1 atom stereocenters. The van der Waals surface area contributed by atoms with Gasteiger partial charge in [-0.25, -0.2) is 12.8 Å². The molecule has 1 unspecified atom stereocenters. The van der Waals surface area contributed by atoms with Gasteiger partial charge in [-0.1, -0.05) is 18.2 Å². The first kappa shape index (κ1) is 11.0. The van der Waals surface area contributed by atoms with Gasteiger partial charge in [-0.3, -0.25) is 0 Å². The van der Waals surface area contributed by atoms with Crippen LogP contribution in [0.2, 0.25) is 0 Å². The average Bonchev–Trinajstić information content (AvgIpc) is 2.15. The Balaban J connectivity index is 3.19. The minimum absolute atomic E-state index is 0.0394. The van der Waals surface area contributed by atoms with Crippen molar-refractivity contribution in [1.29, 1.82) is 0 Å². The van der Waals surface area contributed by atoms with E-state index in [1.807, 2.05) is 0 Å². The topological polar surface area (TPSA) is 43.4 Å². The number of benzene rings is 1. The normalized spacial score (nSPS) is 13.6. The van der Waals surface area contributed by atoms with E-state index in [1.165, 1.54) is 19.2 Å². The lowest BCUT2D eigenvalue weighted by Gasteiger charge is -2.10. The van der Waals surface area contributed by atoms with Crippen LogP contribution in [-0.4, -0.2) is 21.8 Å². The Labute approximate surface area is 82.4 Å². The predicted octanol–water partition coefficient (Wildman–Crippen LogP) is 1.71. The van der Waals surface area contributed by atoms with Crippen LogP contribution in [0.15, 0.2) is 24.3 Å². The summed E-state index contributed by atoms with van der Waals surface area (Å²) in [4.78, 5) is 0. The van der Waals surface area contributed by atoms with Crippen LogP contribution in [0.1, 0.15) is 11.1 Å². The summed E-state index contributed by atoms with van der Waals surface area (Å²) < 4.78 is 40.2. The third-order valence-electron chi connectivity index (χ3n) is 1.76. The van der Waals surface area contributed by atoms with Crippen molar-refractivity contribution >= 4 is 9.84 Å². The number of rotatable bonds is 3. The van der Waals surface area contributed by atoms with E-state index in [2.05, 4.69) is 0 Å². The van der Waals surface area contributed by atoms with Crippen LogP contribution < -0.4 is 4.74 Å². The van der Waals surface area contributed by atoms with Crippen molar-refractivity contribution in [3.05, 3.63) is 29.8 Å². The van der Waals surface area contributed by atoms with Gasteiger partial charge in [-0.05, 0) is 6.07 Å². The zero-order valence-corrected chi connectivity index (χ0v) is 8.71. The second-order valence-electron chi connectivity index (χ2n) is 2.89. The van der Waals surface area contributed by atoms with Crippen LogP contribution in [0.3, 0.4) is 0 Å². The second kappa shape index (κ2) is 3.96. The molecular formula is C9H11FO3S. The van der Waals surface area contributed by atoms with Gasteiger partial charge in [0.25, 0.3) is 0 Å². The van der Waals surface area contributed by atoms with E-state index < -0.39 is 15.3 Å². The van der Waals surface area contributed by atoms with E-state index in [0.717, 1.165) is 6.26 Å². The number of hydrogen-bond acceptors (Lipinski definition) is 3. The van der Waals surface area contributed by atoms with Gasteiger partial charge >= 0.3 is 0 Å². The molecule has 0 spiro atoms. The SMILES string of the molecule is COc1ccccc1C(F)S(C)(=O)=O. The molecule has 0 aliphatic carbocycles. The summed E-state index contributed by atoms with van der Waals surface area (Å²) in [6, 6.07) is 6.13. The van der Waals surface area contributed by atoms with Crippen molar-refractivity contribution in [1.82, 2.24) is 0 Å². The molecule has 0 aromatic heterocycles. The molecule has 0 aliphatic heterocycles. The Bertz CT molecular complexity index is 414. The maximum atomic E-state index is 13.4. The summed E-state index contributed by atoms with van der Waals surface area (Å²) in [6.07, 6.45) is 0.851. The molecule has 0 amide bonds. The van der Waals surface area contributed by atoms with E-state index >= 15 is 0 Å². The van der Waals surface area contributed by atoms with E-state index in [0.29, 0.717) is 0 Å². The van der Waals surface area contributed by atoms with Gasteiger partial charge in [-0.2, -0.15) is 0 Å². The summed E-state index contributed by atoms with van der Waals surface area (Å²) in [7, 11) is -2.37. The molecule has 14 heavy (non-hydrogen) atoms. The summed E-state index contributed by atoms with van der Waals surface area (Å²) in [6.45, 7) is 0. The lowest BCUT2D eigenvalue weighted by Crippen LogP contribution is -2.07. The zero-order valence-electron chi connectivity index (χ0n) is 7.90. The molecule has 0 fully saturated rings. The molecule has 0 radical (unpaired) electrons. The Morgan fingerprint density at radius 2 is 1.93 bits per heavy atom. The van der Waals surface area contributed by atoms with Crippen molar-refractivity contribution in [3.63, 3.8) is 0 Å². The number of para-hydroxylation sites is 1. The van der Waals surface area contributed by atoms with Gasteiger partial charge in [0.2, 0.25) is 5.50 Å². The zero-order chi connectivity index (χ0) is 10.8. The Morgan fingerprint density at radius 3 is 2.43 bits per heavy atom. The molecule has 0 saturated carbocycles. The molecule has 3 nitrogen and oxygen atoms in total. The first-order valence-electron chi connectivity index (χ1n) is 3.92. The lowest BCUT2D eigenvalue weighted by atomic mass is 10.2. The van der Waals surface area contributed by atoms with E-state index in [-0.39, 0.29) is 11.3 Å². The van der Waals surface area contributed by atoms with Gasteiger partial charge in [0, 0.05) is 11.8 Å². The molecule has 5 heteroatoms. The second-order valence-corrected chi connectivity index (χ2v) is 4.96. The largest absolute Gasteiger partial charge is 0.496 e. The molecule has 1 aromatic carbocycles. The molecular weight excluding hydrogens is 207 g/mol. The highest BCUT2D eigenvalue weighted by Crippen LogP contribution is 2.30. The highest BCUT2D eigenvalue weighted by Gasteiger charge is 2.24. The van der Waals surface area contributed by atoms with Crippen molar-refractivity contribution in [2.24, 2.45) is 0 Å². The third-order valence-corrected chi connectivity index (χ3v) is 2.77.